The molecule has 89 valence electrons. The molecule has 0 aromatic heterocycles. The first-order valence-corrected chi connectivity index (χ1v) is 18.9. The zero-order valence-corrected chi connectivity index (χ0v) is 15.4. The van der Waals surface area contributed by atoms with Gasteiger partial charge in [0.1, 0.15) is 0 Å². The molecule has 0 aromatic carbocycles. The van der Waals surface area contributed by atoms with E-state index in [9.17, 15) is 0 Å². The molecule has 0 bridgehead atoms. The van der Waals surface area contributed by atoms with Gasteiger partial charge in [-0.05, 0) is 38.8 Å². The standard InChI is InChI=1S/C10H15.4ClH.W/c1-6-7(2)9(4)10(5)8(6)3;;;;;/h1-5H3;4*1H;/q;;;;;+4/p-4. The van der Waals surface area contributed by atoms with Crippen molar-refractivity contribution < 1.29 is 11.9 Å². The number of halogens is 4. The first-order chi connectivity index (χ1) is 6.55. The van der Waals surface area contributed by atoms with Crippen molar-refractivity contribution >= 4 is 37.7 Å². The number of allylic oxidation sites excluding steroid dienone is 4. The Morgan fingerprint density at radius 3 is 0.867 bits per heavy atom. The Morgan fingerprint density at radius 1 is 0.600 bits per heavy atom. The van der Waals surface area contributed by atoms with Gasteiger partial charge in [-0.15, -0.1) is 0 Å². The third kappa shape index (κ3) is 5.99. The van der Waals surface area contributed by atoms with E-state index in [1.807, 2.05) is 0 Å². The molecule has 0 fully saturated rings. The van der Waals surface area contributed by atoms with Crippen LogP contribution in [0.2, 0.25) is 0 Å². The van der Waals surface area contributed by atoms with Gasteiger partial charge in [0, 0.05) is 5.92 Å². The molecule has 0 aromatic rings. The van der Waals surface area contributed by atoms with Gasteiger partial charge in [0.15, 0.2) is 0 Å². The van der Waals surface area contributed by atoms with E-state index in [0.717, 1.165) is 0 Å². The van der Waals surface area contributed by atoms with Crippen LogP contribution in [0.25, 0.3) is 0 Å². The number of hydrogen-bond donors (Lipinski definition) is 0. The molecule has 0 N–H and O–H groups in total. The summed E-state index contributed by atoms with van der Waals surface area (Å²) in [4.78, 5) is 0. The van der Waals surface area contributed by atoms with E-state index in [0.29, 0.717) is 0 Å². The molecule has 0 atom stereocenters. The Kier molecular flexibility index (Phi) is 6.87. The molecule has 0 aliphatic heterocycles. The predicted octanol–water partition coefficient (Wildman–Crippen LogP) is 6.02. The van der Waals surface area contributed by atoms with E-state index in [4.69, 9.17) is 37.7 Å². The zero-order valence-electron chi connectivity index (χ0n) is 9.42. The maximum atomic E-state index is 5.03. The molecule has 0 saturated carbocycles. The van der Waals surface area contributed by atoms with Crippen molar-refractivity contribution in [1.29, 1.82) is 0 Å². The molecule has 0 saturated heterocycles. The van der Waals surface area contributed by atoms with Gasteiger partial charge in [-0.1, -0.05) is 18.1 Å². The summed E-state index contributed by atoms with van der Waals surface area (Å²) in [5.41, 5.74) is 5.87. The average molecular weight is 461 g/mol. The Balaban J connectivity index is 0.000000336. The summed E-state index contributed by atoms with van der Waals surface area (Å²) in [7, 11) is 20.1. The van der Waals surface area contributed by atoms with E-state index in [1.165, 1.54) is 28.2 Å². The van der Waals surface area contributed by atoms with E-state index >= 15 is 0 Å². The molecule has 1 rings (SSSR count). The van der Waals surface area contributed by atoms with Gasteiger partial charge in [0.25, 0.3) is 0 Å². The van der Waals surface area contributed by atoms with Crippen LogP contribution >= 0.6 is 37.7 Å². The molecule has 15 heavy (non-hydrogen) atoms. The first-order valence-electron chi connectivity index (χ1n) is 4.37. The molecule has 0 spiro atoms. The fraction of sp³-hybridized carbons (Fsp3) is 0.500. The third-order valence-electron chi connectivity index (χ3n) is 2.81. The Labute approximate surface area is 112 Å². The van der Waals surface area contributed by atoms with Gasteiger partial charge < -0.3 is 0 Å². The third-order valence-corrected chi connectivity index (χ3v) is 2.81. The van der Waals surface area contributed by atoms with Crippen molar-refractivity contribution in [3.63, 3.8) is 0 Å². The fourth-order valence-electron chi connectivity index (χ4n) is 1.41. The summed E-state index contributed by atoms with van der Waals surface area (Å²) in [6.45, 7) is 11.0. The second-order valence-electron chi connectivity index (χ2n) is 3.47. The normalized spacial score (nSPS) is 19.3. The van der Waals surface area contributed by atoms with Crippen LogP contribution in [0.1, 0.15) is 34.6 Å². The molecule has 0 nitrogen and oxygen atoms in total. The summed E-state index contributed by atoms with van der Waals surface area (Å²) < 4.78 is 0. The molecule has 1 aliphatic rings. The van der Waals surface area contributed by atoms with Crippen LogP contribution in [-0.2, 0) is 11.9 Å². The Hall–Kier alpha value is 1.33. The van der Waals surface area contributed by atoms with Crippen LogP contribution in [0.4, 0.5) is 0 Å². The maximum absolute atomic E-state index is 5.03. The second kappa shape index (κ2) is 6.31. The van der Waals surface area contributed by atoms with Crippen LogP contribution in [0.5, 0.6) is 0 Å². The monoisotopic (exact) mass is 459 g/mol. The van der Waals surface area contributed by atoms with Crippen molar-refractivity contribution in [2.24, 2.45) is 0 Å². The second-order valence-corrected chi connectivity index (χ2v) is 28.9. The van der Waals surface area contributed by atoms with Gasteiger partial charge in [0.05, 0.1) is 0 Å². The molecule has 1 radical (unpaired) electrons. The Bertz CT molecular complexity index is 269. The minimum atomic E-state index is -3.28. The van der Waals surface area contributed by atoms with Crippen molar-refractivity contribution in [1.82, 2.24) is 0 Å². The minimum absolute atomic E-state index is 1.47. The van der Waals surface area contributed by atoms with Crippen LogP contribution < -0.4 is 0 Å². The summed E-state index contributed by atoms with van der Waals surface area (Å²) in [5.74, 6) is 1.47. The van der Waals surface area contributed by atoms with E-state index in [-0.39, 0.29) is 0 Å². The van der Waals surface area contributed by atoms with Crippen LogP contribution in [-0.4, -0.2) is 0 Å². The van der Waals surface area contributed by atoms with E-state index in [2.05, 4.69) is 34.6 Å². The van der Waals surface area contributed by atoms with Crippen molar-refractivity contribution in [2.75, 3.05) is 0 Å². The van der Waals surface area contributed by atoms with Gasteiger partial charge >= 0.3 is 49.6 Å². The van der Waals surface area contributed by atoms with Crippen molar-refractivity contribution in [3.8, 4) is 0 Å². The summed E-state index contributed by atoms with van der Waals surface area (Å²) in [6, 6.07) is 0. The fourth-order valence-corrected chi connectivity index (χ4v) is 1.41. The summed E-state index contributed by atoms with van der Waals surface area (Å²) in [6.07, 6.45) is 0. The molecule has 0 heterocycles. The van der Waals surface area contributed by atoms with Crippen molar-refractivity contribution in [3.05, 3.63) is 28.2 Å². The SMILES string of the molecule is C[C]1C(C)=C(C)C(C)=C1C.[Cl][W]([Cl])([Cl])[Cl]. The average Bonchev–Trinajstić information content (AvgIpc) is 2.21. The van der Waals surface area contributed by atoms with Crippen LogP contribution in [0, 0.1) is 5.92 Å². The van der Waals surface area contributed by atoms with Crippen LogP contribution in [0.15, 0.2) is 22.3 Å². The zero-order chi connectivity index (χ0) is 12.4. The molecule has 1 aliphatic carbocycles. The number of rotatable bonds is 0. The van der Waals surface area contributed by atoms with Crippen LogP contribution in [0.3, 0.4) is 0 Å². The number of hydrogen-bond acceptors (Lipinski definition) is 0. The van der Waals surface area contributed by atoms with Gasteiger partial charge in [-0.2, -0.15) is 0 Å². The molecule has 0 amide bonds. The molecular weight excluding hydrogens is 446 g/mol. The molecule has 0 unspecified atom stereocenters. The molecular formula is C10H15Cl4W. The quantitative estimate of drug-likeness (QED) is 0.414. The van der Waals surface area contributed by atoms with Gasteiger partial charge in [-0.3, -0.25) is 0 Å². The topological polar surface area (TPSA) is 0 Å². The summed E-state index contributed by atoms with van der Waals surface area (Å²) >= 11 is -3.28. The Morgan fingerprint density at radius 2 is 0.800 bits per heavy atom. The van der Waals surface area contributed by atoms with Gasteiger partial charge in [0.2, 0.25) is 0 Å². The van der Waals surface area contributed by atoms with Gasteiger partial charge in [-0.25, -0.2) is 0 Å². The first kappa shape index (κ1) is 16.3. The summed E-state index contributed by atoms with van der Waals surface area (Å²) in [5, 5.41) is 0. The predicted molar refractivity (Wildman–Crippen MR) is 69.1 cm³/mol. The van der Waals surface area contributed by atoms with E-state index < -0.39 is 11.9 Å². The van der Waals surface area contributed by atoms with E-state index in [1.54, 1.807) is 0 Å². The van der Waals surface area contributed by atoms with Crippen molar-refractivity contribution in [2.45, 2.75) is 34.6 Å². The molecule has 5 heteroatoms.